The maximum absolute atomic E-state index is 5.04. The topological polar surface area (TPSA) is 31.9 Å². The molecule has 2 atom stereocenters. The molecule has 0 aliphatic carbocycles. The summed E-state index contributed by atoms with van der Waals surface area (Å²) < 4.78 is 0.769. The molecule has 3 nitrogen and oxygen atoms in total. The zero-order chi connectivity index (χ0) is 10.1. The summed E-state index contributed by atoms with van der Waals surface area (Å²) in [5.74, 6) is 0.767. The molecule has 0 aromatic carbocycles. The number of aromatic amines is 1. The molecule has 14 heavy (non-hydrogen) atoms. The van der Waals surface area contributed by atoms with Crippen molar-refractivity contribution >= 4 is 28.7 Å². The highest BCUT2D eigenvalue weighted by Crippen LogP contribution is 2.28. The molecule has 0 amide bonds. The minimum atomic E-state index is 0.597. The Labute approximate surface area is 93.1 Å². The van der Waals surface area contributed by atoms with Crippen molar-refractivity contribution in [2.75, 3.05) is 11.4 Å². The summed E-state index contributed by atoms with van der Waals surface area (Å²) in [6.45, 7) is 5.67. The van der Waals surface area contributed by atoms with E-state index in [-0.39, 0.29) is 0 Å². The Morgan fingerprint density at radius 2 is 2.29 bits per heavy atom. The molecule has 0 saturated carbocycles. The lowest BCUT2D eigenvalue weighted by molar-refractivity contribution is 0.389. The molecule has 0 radical (unpaired) electrons. The maximum Gasteiger partial charge on any atom is 0.207 e. The van der Waals surface area contributed by atoms with Crippen molar-refractivity contribution < 1.29 is 0 Å². The smallest absolute Gasteiger partial charge is 0.207 e. The van der Waals surface area contributed by atoms with E-state index in [0.29, 0.717) is 6.04 Å². The first-order valence-corrected chi connectivity index (χ1v) is 6.21. The molecule has 2 rings (SSSR count). The fourth-order valence-electron chi connectivity index (χ4n) is 1.90. The first kappa shape index (κ1) is 10.1. The third kappa shape index (κ3) is 1.98. The molecule has 1 aromatic heterocycles. The van der Waals surface area contributed by atoms with E-state index in [4.69, 9.17) is 12.2 Å². The number of nitrogens with zero attached hydrogens (tertiary/aromatic N) is 2. The van der Waals surface area contributed by atoms with E-state index < -0.39 is 0 Å². The van der Waals surface area contributed by atoms with Gasteiger partial charge in [0.2, 0.25) is 5.13 Å². The highest BCUT2D eigenvalue weighted by atomic mass is 32.1. The lowest BCUT2D eigenvalue weighted by Crippen LogP contribution is -2.41. The molecule has 0 bridgehead atoms. The Morgan fingerprint density at radius 1 is 1.50 bits per heavy atom. The molecule has 78 valence electrons. The average Bonchev–Trinajstić information content (AvgIpc) is 2.56. The van der Waals surface area contributed by atoms with Crippen LogP contribution < -0.4 is 4.90 Å². The molecule has 1 aliphatic rings. The van der Waals surface area contributed by atoms with E-state index in [1.807, 2.05) is 0 Å². The molecule has 1 fully saturated rings. The van der Waals surface area contributed by atoms with Gasteiger partial charge in [0.25, 0.3) is 0 Å². The number of nitrogens with one attached hydrogen (secondary N) is 1. The van der Waals surface area contributed by atoms with Crippen molar-refractivity contribution in [2.24, 2.45) is 5.92 Å². The summed E-state index contributed by atoms with van der Waals surface area (Å²) in [5, 5.41) is 8.13. The summed E-state index contributed by atoms with van der Waals surface area (Å²) in [6, 6.07) is 0.597. The highest BCUT2D eigenvalue weighted by Gasteiger charge is 2.24. The van der Waals surface area contributed by atoms with E-state index >= 15 is 0 Å². The number of rotatable bonds is 1. The van der Waals surface area contributed by atoms with Gasteiger partial charge in [0.05, 0.1) is 0 Å². The number of aromatic nitrogens is 2. The molecule has 1 aliphatic heterocycles. The Hall–Kier alpha value is -0.420. The molecule has 2 heterocycles. The molecular weight excluding hydrogens is 214 g/mol. The Bertz CT molecular complexity index is 357. The van der Waals surface area contributed by atoms with Gasteiger partial charge in [-0.3, -0.25) is 5.10 Å². The van der Waals surface area contributed by atoms with Crippen LogP contribution in [0.1, 0.15) is 26.7 Å². The lowest BCUT2D eigenvalue weighted by atomic mass is 9.96. The van der Waals surface area contributed by atoms with Crippen molar-refractivity contribution in [1.29, 1.82) is 0 Å². The molecule has 1 saturated heterocycles. The van der Waals surface area contributed by atoms with E-state index in [2.05, 4.69) is 28.9 Å². The van der Waals surface area contributed by atoms with Gasteiger partial charge in [-0.15, -0.1) is 5.10 Å². The molecule has 5 heteroatoms. The van der Waals surface area contributed by atoms with Gasteiger partial charge < -0.3 is 4.90 Å². The zero-order valence-electron chi connectivity index (χ0n) is 8.49. The molecule has 1 N–H and O–H groups in total. The van der Waals surface area contributed by atoms with Crippen molar-refractivity contribution in [3.05, 3.63) is 3.95 Å². The van der Waals surface area contributed by atoms with Crippen molar-refractivity contribution in [3.8, 4) is 0 Å². The van der Waals surface area contributed by atoms with Gasteiger partial charge in [0, 0.05) is 12.6 Å². The zero-order valence-corrected chi connectivity index (χ0v) is 10.1. The standard InChI is InChI=1S/C9H15N3S2/c1-6-3-4-7(2)12(5-6)8-10-11-9(13)14-8/h6-7H,3-5H2,1-2H3,(H,11,13). The van der Waals surface area contributed by atoms with Crippen molar-refractivity contribution in [3.63, 3.8) is 0 Å². The third-order valence-electron chi connectivity index (χ3n) is 2.79. The van der Waals surface area contributed by atoms with Gasteiger partial charge in [0.15, 0.2) is 3.95 Å². The number of piperidine rings is 1. The number of anilines is 1. The van der Waals surface area contributed by atoms with E-state index in [1.54, 1.807) is 11.3 Å². The summed E-state index contributed by atoms with van der Waals surface area (Å²) in [7, 11) is 0. The van der Waals surface area contributed by atoms with Crippen LogP contribution in [0.5, 0.6) is 0 Å². The predicted molar refractivity (Wildman–Crippen MR) is 62.5 cm³/mol. The minimum absolute atomic E-state index is 0.597. The molecule has 1 aromatic rings. The number of hydrogen-bond acceptors (Lipinski definition) is 4. The Morgan fingerprint density at radius 3 is 2.93 bits per heavy atom. The monoisotopic (exact) mass is 229 g/mol. The number of hydrogen-bond donors (Lipinski definition) is 1. The Kier molecular flexibility index (Phi) is 2.88. The van der Waals surface area contributed by atoms with Gasteiger partial charge in [0.1, 0.15) is 0 Å². The minimum Gasteiger partial charge on any atom is -0.344 e. The first-order chi connectivity index (χ1) is 6.66. The third-order valence-corrected chi connectivity index (χ3v) is 3.92. The summed E-state index contributed by atoms with van der Waals surface area (Å²) in [4.78, 5) is 2.37. The predicted octanol–water partition coefficient (Wildman–Crippen LogP) is 2.83. The van der Waals surface area contributed by atoms with Gasteiger partial charge in [-0.05, 0) is 37.9 Å². The van der Waals surface area contributed by atoms with Crippen LogP contribution in [0.3, 0.4) is 0 Å². The maximum atomic E-state index is 5.04. The van der Waals surface area contributed by atoms with Crippen LogP contribution in [-0.4, -0.2) is 22.8 Å². The first-order valence-electron chi connectivity index (χ1n) is 4.99. The van der Waals surface area contributed by atoms with Gasteiger partial charge >= 0.3 is 0 Å². The van der Waals surface area contributed by atoms with Gasteiger partial charge in [-0.1, -0.05) is 18.3 Å². The Balaban J connectivity index is 2.19. The van der Waals surface area contributed by atoms with Gasteiger partial charge in [-0.25, -0.2) is 0 Å². The summed E-state index contributed by atoms with van der Waals surface area (Å²) in [6.07, 6.45) is 2.58. The second-order valence-electron chi connectivity index (χ2n) is 4.08. The van der Waals surface area contributed by atoms with Crippen LogP contribution in [0.2, 0.25) is 0 Å². The second kappa shape index (κ2) is 3.98. The van der Waals surface area contributed by atoms with Crippen LogP contribution in [0.25, 0.3) is 0 Å². The van der Waals surface area contributed by atoms with E-state index in [0.717, 1.165) is 21.5 Å². The quantitative estimate of drug-likeness (QED) is 0.751. The lowest BCUT2D eigenvalue weighted by Gasteiger charge is -2.36. The van der Waals surface area contributed by atoms with Crippen LogP contribution in [0.15, 0.2) is 0 Å². The summed E-state index contributed by atoms with van der Waals surface area (Å²) in [5.41, 5.74) is 0. The summed E-state index contributed by atoms with van der Waals surface area (Å²) >= 11 is 6.62. The van der Waals surface area contributed by atoms with Crippen molar-refractivity contribution in [1.82, 2.24) is 10.2 Å². The highest BCUT2D eigenvalue weighted by molar-refractivity contribution is 7.73. The normalized spacial score (nSPS) is 28.0. The number of H-pyrrole nitrogens is 1. The fourth-order valence-corrected chi connectivity index (χ4v) is 2.89. The van der Waals surface area contributed by atoms with Gasteiger partial charge in [-0.2, -0.15) is 0 Å². The average molecular weight is 229 g/mol. The molecule has 2 unspecified atom stereocenters. The van der Waals surface area contributed by atoms with Crippen LogP contribution >= 0.6 is 23.6 Å². The molecular formula is C9H15N3S2. The SMILES string of the molecule is CC1CCC(C)N(c2n[nH]c(=S)s2)C1. The van der Waals surface area contributed by atoms with E-state index in [1.165, 1.54) is 12.8 Å². The second-order valence-corrected chi connectivity index (χ2v) is 5.72. The molecule has 0 spiro atoms. The van der Waals surface area contributed by atoms with Crippen LogP contribution in [0.4, 0.5) is 5.13 Å². The largest absolute Gasteiger partial charge is 0.344 e. The van der Waals surface area contributed by atoms with Crippen LogP contribution in [0, 0.1) is 9.87 Å². The van der Waals surface area contributed by atoms with Crippen molar-refractivity contribution in [2.45, 2.75) is 32.7 Å². The fraction of sp³-hybridized carbons (Fsp3) is 0.778. The van der Waals surface area contributed by atoms with Crippen LogP contribution in [-0.2, 0) is 0 Å². The van der Waals surface area contributed by atoms with E-state index in [9.17, 15) is 0 Å².